The number of aromatic nitrogens is 1. The normalized spacial score (nSPS) is 17.9. The Morgan fingerprint density at radius 2 is 2.11 bits per heavy atom. The van der Waals surface area contributed by atoms with Crippen LogP contribution in [0.1, 0.15) is 29.9 Å². The minimum atomic E-state index is 0.0685. The van der Waals surface area contributed by atoms with E-state index in [4.69, 9.17) is 4.52 Å². The van der Waals surface area contributed by atoms with Gasteiger partial charge in [-0.2, -0.15) is 0 Å². The molecule has 0 unspecified atom stereocenters. The van der Waals surface area contributed by atoms with Crippen molar-refractivity contribution in [3.8, 4) is 0 Å². The fraction of sp³-hybridized carbons (Fsp3) is 0.692. The van der Waals surface area contributed by atoms with Crippen LogP contribution in [0.2, 0.25) is 0 Å². The van der Waals surface area contributed by atoms with E-state index in [1.54, 1.807) is 0 Å². The summed E-state index contributed by atoms with van der Waals surface area (Å²) in [5.74, 6) is 0.810. The van der Waals surface area contributed by atoms with Gasteiger partial charge in [0.05, 0.1) is 12.1 Å². The Bertz CT molecular complexity index is 400. The number of nitrogens with zero attached hydrogens (tertiary/aromatic N) is 2. The molecule has 0 saturated carbocycles. The van der Waals surface area contributed by atoms with E-state index in [9.17, 15) is 4.79 Å². The molecular formula is C13H21N3O2. The smallest absolute Gasteiger partial charge is 0.224 e. The zero-order valence-corrected chi connectivity index (χ0v) is 11.3. The highest BCUT2D eigenvalue weighted by atomic mass is 16.5. The van der Waals surface area contributed by atoms with Crippen molar-refractivity contribution in [1.82, 2.24) is 15.4 Å². The number of hydrogen-bond acceptors (Lipinski definition) is 4. The van der Waals surface area contributed by atoms with Gasteiger partial charge in [0.1, 0.15) is 5.76 Å². The van der Waals surface area contributed by atoms with Crippen LogP contribution in [-0.2, 0) is 11.2 Å². The van der Waals surface area contributed by atoms with Crippen LogP contribution in [0, 0.1) is 13.8 Å². The fourth-order valence-electron chi connectivity index (χ4n) is 2.35. The van der Waals surface area contributed by atoms with Crippen LogP contribution in [0.5, 0.6) is 0 Å². The maximum Gasteiger partial charge on any atom is 0.224 e. The highest BCUT2D eigenvalue weighted by Gasteiger charge is 2.20. The minimum absolute atomic E-state index is 0.0685. The number of rotatable bonds is 3. The molecule has 0 bridgehead atoms. The third kappa shape index (κ3) is 3.10. The predicted octanol–water partition coefficient (Wildman–Crippen LogP) is 1.04. The van der Waals surface area contributed by atoms with Gasteiger partial charge < -0.3 is 14.7 Å². The summed E-state index contributed by atoms with van der Waals surface area (Å²) >= 11 is 0. The Hall–Kier alpha value is -1.36. The van der Waals surface area contributed by atoms with Gasteiger partial charge >= 0.3 is 0 Å². The highest BCUT2D eigenvalue weighted by molar-refractivity contribution is 5.79. The number of piperidine rings is 1. The number of carbonyl (C=O) groups excluding carboxylic acids is 1. The van der Waals surface area contributed by atoms with E-state index in [-0.39, 0.29) is 5.91 Å². The van der Waals surface area contributed by atoms with Crippen molar-refractivity contribution in [2.24, 2.45) is 0 Å². The number of aryl methyl sites for hydroxylation is 2. The number of nitrogens with one attached hydrogen (secondary N) is 1. The molecule has 100 valence electrons. The molecule has 1 aromatic rings. The Kier molecular flexibility index (Phi) is 4.01. The fourth-order valence-corrected chi connectivity index (χ4v) is 2.35. The predicted molar refractivity (Wildman–Crippen MR) is 68.3 cm³/mol. The number of likely N-dealkylation sites (tertiary alicyclic amines) is 1. The summed E-state index contributed by atoms with van der Waals surface area (Å²) in [6.07, 6.45) is 2.43. The maximum absolute atomic E-state index is 12.0. The molecule has 5 nitrogen and oxygen atoms in total. The Balaban J connectivity index is 1.86. The van der Waals surface area contributed by atoms with E-state index in [0.29, 0.717) is 12.5 Å². The molecule has 1 saturated heterocycles. The first-order chi connectivity index (χ1) is 8.56. The quantitative estimate of drug-likeness (QED) is 0.872. The summed E-state index contributed by atoms with van der Waals surface area (Å²) in [5, 5.41) is 6.96. The summed E-state index contributed by atoms with van der Waals surface area (Å²) in [4.78, 5) is 14.3. The third-order valence-electron chi connectivity index (χ3n) is 3.60. The van der Waals surface area contributed by atoms with Crippen LogP contribution in [0.3, 0.4) is 0 Å². The molecular weight excluding hydrogens is 230 g/mol. The van der Waals surface area contributed by atoms with E-state index >= 15 is 0 Å². The summed E-state index contributed by atoms with van der Waals surface area (Å²) in [7, 11) is 2.11. The zero-order chi connectivity index (χ0) is 13.1. The lowest BCUT2D eigenvalue weighted by Crippen LogP contribution is -2.43. The maximum atomic E-state index is 12.0. The van der Waals surface area contributed by atoms with Gasteiger partial charge in [-0.1, -0.05) is 5.16 Å². The number of hydrogen-bond donors (Lipinski definition) is 1. The standard InChI is InChI=1S/C13H21N3O2/c1-9-12(10(2)18-15-9)8-13(17)14-11-4-6-16(3)7-5-11/h11H,4-8H2,1-3H3,(H,14,17). The molecule has 0 aliphatic carbocycles. The summed E-state index contributed by atoms with van der Waals surface area (Å²) in [6.45, 7) is 5.82. The van der Waals surface area contributed by atoms with Gasteiger partial charge in [-0.3, -0.25) is 4.79 Å². The van der Waals surface area contributed by atoms with E-state index in [1.165, 1.54) is 0 Å². The molecule has 2 rings (SSSR count). The van der Waals surface area contributed by atoms with Crippen LogP contribution in [0.25, 0.3) is 0 Å². The van der Waals surface area contributed by atoms with Gasteiger partial charge in [-0.15, -0.1) is 0 Å². The highest BCUT2D eigenvalue weighted by Crippen LogP contribution is 2.14. The number of amides is 1. The first kappa shape index (κ1) is 13.1. The molecule has 1 fully saturated rings. The molecule has 1 amide bonds. The zero-order valence-electron chi connectivity index (χ0n) is 11.3. The number of carbonyl (C=O) groups is 1. The second-order valence-electron chi connectivity index (χ2n) is 5.12. The van der Waals surface area contributed by atoms with E-state index in [0.717, 1.165) is 42.9 Å². The van der Waals surface area contributed by atoms with Crippen molar-refractivity contribution in [1.29, 1.82) is 0 Å². The van der Waals surface area contributed by atoms with Crippen molar-refractivity contribution in [3.05, 3.63) is 17.0 Å². The summed E-state index contributed by atoms with van der Waals surface area (Å²) < 4.78 is 5.06. The molecule has 0 aromatic carbocycles. The van der Waals surface area contributed by atoms with E-state index in [2.05, 4.69) is 22.4 Å². The van der Waals surface area contributed by atoms with Crippen LogP contribution in [-0.4, -0.2) is 42.1 Å². The topological polar surface area (TPSA) is 58.4 Å². The average Bonchev–Trinajstić information content (AvgIpc) is 2.64. The first-order valence-corrected chi connectivity index (χ1v) is 6.46. The molecule has 0 radical (unpaired) electrons. The largest absolute Gasteiger partial charge is 0.361 e. The molecule has 1 aliphatic rings. The SMILES string of the molecule is Cc1noc(C)c1CC(=O)NC1CCN(C)CC1. The van der Waals surface area contributed by atoms with Crippen molar-refractivity contribution in [2.75, 3.05) is 20.1 Å². The van der Waals surface area contributed by atoms with Crippen LogP contribution in [0.15, 0.2) is 4.52 Å². The Morgan fingerprint density at radius 3 is 2.67 bits per heavy atom. The molecule has 1 aromatic heterocycles. The van der Waals surface area contributed by atoms with Gasteiger partial charge in [0.25, 0.3) is 0 Å². The first-order valence-electron chi connectivity index (χ1n) is 6.46. The van der Waals surface area contributed by atoms with Crippen LogP contribution in [0.4, 0.5) is 0 Å². The monoisotopic (exact) mass is 251 g/mol. The molecule has 18 heavy (non-hydrogen) atoms. The van der Waals surface area contributed by atoms with Gasteiger partial charge in [0.15, 0.2) is 0 Å². The molecule has 5 heteroatoms. The lowest BCUT2D eigenvalue weighted by atomic mass is 10.0. The molecule has 0 atom stereocenters. The Labute approximate surface area is 108 Å². The lowest BCUT2D eigenvalue weighted by molar-refractivity contribution is -0.121. The van der Waals surface area contributed by atoms with Crippen molar-refractivity contribution >= 4 is 5.91 Å². The van der Waals surface area contributed by atoms with Gasteiger partial charge in [0.2, 0.25) is 5.91 Å². The van der Waals surface area contributed by atoms with Crippen LogP contribution >= 0.6 is 0 Å². The third-order valence-corrected chi connectivity index (χ3v) is 3.60. The second kappa shape index (κ2) is 5.52. The van der Waals surface area contributed by atoms with E-state index < -0.39 is 0 Å². The van der Waals surface area contributed by atoms with Gasteiger partial charge in [0, 0.05) is 11.6 Å². The molecule has 2 heterocycles. The van der Waals surface area contributed by atoms with Crippen molar-refractivity contribution in [3.63, 3.8) is 0 Å². The average molecular weight is 251 g/mol. The second-order valence-corrected chi connectivity index (χ2v) is 5.12. The van der Waals surface area contributed by atoms with Gasteiger partial charge in [-0.25, -0.2) is 0 Å². The minimum Gasteiger partial charge on any atom is -0.361 e. The van der Waals surface area contributed by atoms with Gasteiger partial charge in [-0.05, 0) is 46.8 Å². The molecule has 1 aliphatic heterocycles. The van der Waals surface area contributed by atoms with Crippen molar-refractivity contribution in [2.45, 2.75) is 39.2 Å². The molecule has 1 N–H and O–H groups in total. The summed E-state index contributed by atoms with van der Waals surface area (Å²) in [5.41, 5.74) is 1.73. The molecule has 0 spiro atoms. The van der Waals surface area contributed by atoms with Crippen molar-refractivity contribution < 1.29 is 9.32 Å². The summed E-state index contributed by atoms with van der Waals surface area (Å²) in [6, 6.07) is 0.314. The van der Waals surface area contributed by atoms with E-state index in [1.807, 2.05) is 13.8 Å². The lowest BCUT2D eigenvalue weighted by Gasteiger charge is -2.29. The Morgan fingerprint density at radius 1 is 1.44 bits per heavy atom. The van der Waals surface area contributed by atoms with Crippen LogP contribution < -0.4 is 5.32 Å².